The van der Waals surface area contributed by atoms with Crippen LogP contribution in [0.15, 0.2) is 0 Å². The Bertz CT molecular complexity index is 83.7. The first-order valence-electron chi connectivity index (χ1n) is 2.40. The summed E-state index contributed by atoms with van der Waals surface area (Å²) >= 11 is 8.99. The van der Waals surface area contributed by atoms with Crippen molar-refractivity contribution in [2.45, 2.75) is 13.8 Å². The second-order valence-corrected chi connectivity index (χ2v) is 12.0. The van der Waals surface area contributed by atoms with Crippen LogP contribution in [0.25, 0.3) is 0 Å². The Morgan fingerprint density at radius 1 is 1.43 bits per heavy atom. The predicted octanol–water partition coefficient (Wildman–Crippen LogP) is 2.28. The van der Waals surface area contributed by atoms with Gasteiger partial charge in [-0.15, -0.1) is 0 Å². The summed E-state index contributed by atoms with van der Waals surface area (Å²) in [6.07, 6.45) is 2.23. The molecule has 0 bridgehead atoms. The third kappa shape index (κ3) is 3.79. The van der Waals surface area contributed by atoms with Crippen LogP contribution in [0.5, 0.6) is 0 Å². The number of rotatable bonds is 2. The standard InChI is InChI=1S/C4H10ClPSe/c1-3-6(5,7)4-2/h3-4H2,1-2H3. The molecule has 0 rings (SSSR count). The molecule has 0 aromatic rings. The Labute approximate surface area is 57.6 Å². The van der Waals surface area contributed by atoms with Crippen molar-refractivity contribution < 1.29 is 0 Å². The Hall–Kier alpha value is 1.24. The predicted molar refractivity (Wildman–Crippen MR) is 39.6 cm³/mol. The minimum absolute atomic E-state index is 1.06. The molecule has 0 heterocycles. The van der Waals surface area contributed by atoms with Gasteiger partial charge in [-0.2, -0.15) is 0 Å². The first kappa shape index (κ1) is 8.24. The van der Waals surface area contributed by atoms with E-state index in [1.807, 2.05) is 0 Å². The quantitative estimate of drug-likeness (QED) is 0.477. The van der Waals surface area contributed by atoms with Gasteiger partial charge in [-0.1, -0.05) is 0 Å². The van der Waals surface area contributed by atoms with Crippen molar-refractivity contribution in [1.82, 2.24) is 0 Å². The van der Waals surface area contributed by atoms with E-state index in [-0.39, 0.29) is 0 Å². The molecule has 0 radical (unpaired) electrons. The molecule has 0 spiro atoms. The van der Waals surface area contributed by atoms with Gasteiger partial charge in [0.15, 0.2) is 0 Å². The fourth-order valence-electron chi connectivity index (χ4n) is 0.224. The Kier molecular flexibility index (Phi) is 3.89. The summed E-state index contributed by atoms with van der Waals surface area (Å²) in [5.74, 6) is 0. The monoisotopic (exact) mass is 204 g/mol. The summed E-state index contributed by atoms with van der Waals surface area (Å²) in [6, 6.07) is 0. The fraction of sp³-hybridized carbons (Fsp3) is 1.00. The third-order valence-electron chi connectivity index (χ3n) is 0.944. The molecule has 0 unspecified atom stereocenters. The summed E-state index contributed by atoms with van der Waals surface area (Å²) in [5, 5.41) is 0. The third-order valence-corrected chi connectivity index (χ3v) is 7.52. The van der Waals surface area contributed by atoms with Crippen LogP contribution in [0.3, 0.4) is 0 Å². The number of hydrogen-bond donors (Lipinski definition) is 0. The van der Waals surface area contributed by atoms with Crippen LogP contribution in [0.1, 0.15) is 13.8 Å². The first-order valence-corrected chi connectivity index (χ1v) is 7.68. The van der Waals surface area contributed by atoms with Gasteiger partial charge in [0, 0.05) is 0 Å². The van der Waals surface area contributed by atoms with Crippen molar-refractivity contribution in [2.24, 2.45) is 0 Å². The second kappa shape index (κ2) is 3.30. The van der Waals surface area contributed by atoms with Crippen LogP contribution in [0.4, 0.5) is 0 Å². The summed E-state index contributed by atoms with van der Waals surface area (Å²) in [6.45, 7) is 4.25. The maximum atomic E-state index is 5.96. The molecule has 0 aromatic heterocycles. The zero-order valence-corrected chi connectivity index (χ0v) is 8.01. The van der Waals surface area contributed by atoms with E-state index in [9.17, 15) is 0 Å². The van der Waals surface area contributed by atoms with Gasteiger partial charge in [-0.3, -0.25) is 0 Å². The summed E-state index contributed by atoms with van der Waals surface area (Å²) in [4.78, 5) is -1.06. The van der Waals surface area contributed by atoms with Gasteiger partial charge in [0.25, 0.3) is 0 Å². The Morgan fingerprint density at radius 2 is 1.71 bits per heavy atom. The Balaban J connectivity index is 3.61. The van der Waals surface area contributed by atoms with Crippen LogP contribution in [0.2, 0.25) is 0 Å². The van der Waals surface area contributed by atoms with Crippen LogP contribution < -0.4 is 0 Å². The van der Waals surface area contributed by atoms with Gasteiger partial charge >= 0.3 is 57.4 Å². The van der Waals surface area contributed by atoms with Gasteiger partial charge < -0.3 is 0 Å². The zero-order valence-electron chi connectivity index (χ0n) is 4.65. The number of halogens is 1. The average Bonchev–Trinajstić information content (AvgIpc) is 1.68. The van der Waals surface area contributed by atoms with E-state index < -0.39 is 4.86 Å². The van der Waals surface area contributed by atoms with Crippen LogP contribution in [-0.4, -0.2) is 27.4 Å². The fourth-order valence-corrected chi connectivity index (χ4v) is 0.671. The number of hydrogen-bond acceptors (Lipinski definition) is 0. The average molecular weight is 204 g/mol. The molecule has 0 fully saturated rings. The molecule has 0 atom stereocenters. The van der Waals surface area contributed by atoms with Crippen molar-refractivity contribution >= 4 is 31.2 Å². The normalized spacial score (nSPS) is 11.9. The molecular weight excluding hydrogens is 193 g/mol. The molecule has 0 amide bonds. The van der Waals surface area contributed by atoms with E-state index in [0.717, 1.165) is 12.3 Å². The molecule has 0 N–H and O–H groups in total. The van der Waals surface area contributed by atoms with Crippen LogP contribution in [0, 0.1) is 0 Å². The van der Waals surface area contributed by atoms with Gasteiger partial charge in [-0.05, 0) is 0 Å². The topological polar surface area (TPSA) is 0 Å². The molecular formula is C4H10ClPSe. The van der Waals surface area contributed by atoms with Crippen molar-refractivity contribution in [2.75, 3.05) is 12.3 Å². The Morgan fingerprint density at radius 3 is 1.71 bits per heavy atom. The molecule has 0 saturated carbocycles. The van der Waals surface area contributed by atoms with E-state index in [4.69, 9.17) is 11.2 Å². The molecule has 0 aliphatic rings. The molecule has 0 aliphatic heterocycles. The molecule has 7 heavy (non-hydrogen) atoms. The summed E-state index contributed by atoms with van der Waals surface area (Å²) < 4.78 is 0. The van der Waals surface area contributed by atoms with Crippen molar-refractivity contribution in [1.29, 1.82) is 0 Å². The maximum absolute atomic E-state index is 5.96. The van der Waals surface area contributed by atoms with Gasteiger partial charge in [0.05, 0.1) is 0 Å². The van der Waals surface area contributed by atoms with E-state index in [0.29, 0.717) is 0 Å². The molecule has 44 valence electrons. The molecule has 0 saturated heterocycles. The van der Waals surface area contributed by atoms with Gasteiger partial charge in [0.1, 0.15) is 0 Å². The van der Waals surface area contributed by atoms with E-state index >= 15 is 0 Å². The van der Waals surface area contributed by atoms with Crippen LogP contribution >= 0.6 is 16.1 Å². The minimum atomic E-state index is -1.06. The van der Waals surface area contributed by atoms with Gasteiger partial charge in [0.2, 0.25) is 0 Å². The first-order chi connectivity index (χ1) is 3.12. The van der Waals surface area contributed by atoms with E-state index in [2.05, 4.69) is 28.9 Å². The van der Waals surface area contributed by atoms with E-state index in [1.54, 1.807) is 0 Å². The van der Waals surface area contributed by atoms with Crippen molar-refractivity contribution in [3.8, 4) is 0 Å². The van der Waals surface area contributed by atoms with Crippen molar-refractivity contribution in [3.05, 3.63) is 0 Å². The SMILES string of the molecule is CCP(Cl)(=[Se])CC. The van der Waals surface area contributed by atoms with Crippen LogP contribution in [-0.2, 0) is 0 Å². The molecule has 3 heteroatoms. The molecule has 0 aliphatic carbocycles. The molecule has 0 nitrogen and oxygen atoms in total. The van der Waals surface area contributed by atoms with E-state index in [1.165, 1.54) is 0 Å². The van der Waals surface area contributed by atoms with Crippen molar-refractivity contribution in [3.63, 3.8) is 0 Å². The summed E-state index contributed by atoms with van der Waals surface area (Å²) in [7, 11) is 0. The molecule has 0 aromatic carbocycles. The second-order valence-electron chi connectivity index (χ2n) is 1.42. The summed E-state index contributed by atoms with van der Waals surface area (Å²) in [5.41, 5.74) is 0. The zero-order chi connectivity index (χ0) is 5.91. The van der Waals surface area contributed by atoms with Gasteiger partial charge in [-0.25, -0.2) is 0 Å².